The molecule has 0 spiro atoms. The monoisotopic (exact) mass is 241 g/mol. The van der Waals surface area contributed by atoms with Crippen molar-refractivity contribution in [1.29, 1.82) is 0 Å². The smallest absolute Gasteiger partial charge is 0.358 e. The maximum absolute atomic E-state index is 11.3. The standard InChI is InChI=1S/C8H11N5O4/c1-9-6(14)2-10-7(15)4-13-3-5(8(16)17)11-12-13/h3H,2,4H2,1H3,(H,9,14)(H,10,15)(H,16,17). The molecule has 3 N–H and O–H groups in total. The van der Waals surface area contributed by atoms with E-state index in [9.17, 15) is 14.4 Å². The van der Waals surface area contributed by atoms with Crippen LogP contribution in [0.4, 0.5) is 0 Å². The van der Waals surface area contributed by atoms with Crippen LogP contribution >= 0.6 is 0 Å². The lowest BCUT2D eigenvalue weighted by Gasteiger charge is -2.03. The van der Waals surface area contributed by atoms with Gasteiger partial charge in [-0.25, -0.2) is 9.48 Å². The van der Waals surface area contributed by atoms with Crippen molar-refractivity contribution < 1.29 is 19.5 Å². The van der Waals surface area contributed by atoms with E-state index in [1.807, 2.05) is 0 Å². The topological polar surface area (TPSA) is 126 Å². The summed E-state index contributed by atoms with van der Waals surface area (Å²) >= 11 is 0. The molecule has 17 heavy (non-hydrogen) atoms. The minimum absolute atomic E-state index is 0.143. The van der Waals surface area contributed by atoms with Crippen LogP contribution < -0.4 is 10.6 Å². The SMILES string of the molecule is CNC(=O)CNC(=O)Cn1cc(C(=O)O)nn1. The van der Waals surface area contributed by atoms with Gasteiger partial charge < -0.3 is 15.7 Å². The van der Waals surface area contributed by atoms with E-state index in [0.29, 0.717) is 0 Å². The van der Waals surface area contributed by atoms with E-state index < -0.39 is 11.9 Å². The number of aromatic carboxylic acids is 1. The molecule has 9 nitrogen and oxygen atoms in total. The maximum atomic E-state index is 11.3. The highest BCUT2D eigenvalue weighted by Crippen LogP contribution is 1.92. The number of carboxylic acids is 1. The lowest BCUT2D eigenvalue weighted by molar-refractivity contribution is -0.126. The zero-order chi connectivity index (χ0) is 12.8. The molecule has 0 atom stereocenters. The molecule has 1 rings (SSSR count). The summed E-state index contributed by atoms with van der Waals surface area (Å²) in [4.78, 5) is 32.6. The van der Waals surface area contributed by atoms with Gasteiger partial charge in [0.2, 0.25) is 11.8 Å². The molecule has 0 aromatic carbocycles. The molecule has 0 bridgehead atoms. The van der Waals surface area contributed by atoms with Gasteiger partial charge >= 0.3 is 5.97 Å². The van der Waals surface area contributed by atoms with Gasteiger partial charge in [0.15, 0.2) is 5.69 Å². The van der Waals surface area contributed by atoms with E-state index in [0.717, 1.165) is 10.9 Å². The molecular formula is C8H11N5O4. The number of nitrogens with one attached hydrogen (secondary N) is 2. The Hall–Kier alpha value is -2.45. The summed E-state index contributed by atoms with van der Waals surface area (Å²) in [7, 11) is 1.45. The first-order chi connectivity index (χ1) is 8.02. The van der Waals surface area contributed by atoms with Gasteiger partial charge in [-0.05, 0) is 0 Å². The summed E-state index contributed by atoms with van der Waals surface area (Å²) in [6.07, 6.45) is 1.13. The van der Waals surface area contributed by atoms with Crippen molar-refractivity contribution in [3.63, 3.8) is 0 Å². The zero-order valence-corrected chi connectivity index (χ0v) is 9.01. The first-order valence-electron chi connectivity index (χ1n) is 4.63. The average Bonchev–Trinajstić information content (AvgIpc) is 2.74. The fraction of sp³-hybridized carbons (Fsp3) is 0.375. The quantitative estimate of drug-likeness (QED) is 0.539. The molecule has 0 saturated heterocycles. The Kier molecular flexibility index (Phi) is 4.14. The van der Waals surface area contributed by atoms with Crippen LogP contribution in [0.2, 0.25) is 0 Å². The first-order valence-corrected chi connectivity index (χ1v) is 4.63. The molecule has 0 radical (unpaired) electrons. The molecule has 92 valence electrons. The van der Waals surface area contributed by atoms with Gasteiger partial charge in [0.05, 0.1) is 12.7 Å². The predicted octanol–water partition coefficient (Wildman–Crippen LogP) is -2.16. The number of carbonyl (C=O) groups excluding carboxylic acids is 2. The molecule has 0 aliphatic heterocycles. The average molecular weight is 241 g/mol. The molecule has 9 heteroatoms. The molecule has 2 amide bonds. The van der Waals surface area contributed by atoms with Gasteiger partial charge in [-0.1, -0.05) is 5.21 Å². The van der Waals surface area contributed by atoms with Crippen molar-refractivity contribution in [2.24, 2.45) is 0 Å². The van der Waals surface area contributed by atoms with Crippen molar-refractivity contribution in [3.8, 4) is 0 Å². The molecule has 0 saturated carbocycles. The Morgan fingerprint density at radius 2 is 2.12 bits per heavy atom. The van der Waals surface area contributed by atoms with Crippen LogP contribution in [-0.4, -0.2) is 51.5 Å². The largest absolute Gasteiger partial charge is 0.476 e. The summed E-state index contributed by atoms with van der Waals surface area (Å²) in [5, 5.41) is 20.0. The molecular weight excluding hydrogens is 230 g/mol. The molecule has 1 heterocycles. The third-order valence-corrected chi connectivity index (χ3v) is 1.79. The molecule has 0 aliphatic carbocycles. The zero-order valence-electron chi connectivity index (χ0n) is 9.01. The first kappa shape index (κ1) is 12.6. The van der Waals surface area contributed by atoms with E-state index in [-0.39, 0.29) is 24.7 Å². The summed E-state index contributed by atoms with van der Waals surface area (Å²) < 4.78 is 1.07. The Labute approximate surface area is 95.8 Å². The number of likely N-dealkylation sites (N-methyl/N-ethyl adjacent to an activating group) is 1. The number of hydrogen-bond donors (Lipinski definition) is 3. The van der Waals surface area contributed by atoms with Crippen LogP contribution in [0.5, 0.6) is 0 Å². The summed E-state index contributed by atoms with van der Waals surface area (Å²) in [6.45, 7) is -0.340. The van der Waals surface area contributed by atoms with Gasteiger partial charge in [0, 0.05) is 7.05 Å². The summed E-state index contributed by atoms with van der Waals surface area (Å²) in [5.74, 6) is -2.01. The second kappa shape index (κ2) is 5.58. The highest BCUT2D eigenvalue weighted by atomic mass is 16.4. The van der Waals surface area contributed by atoms with Gasteiger partial charge in [0.1, 0.15) is 6.54 Å². The van der Waals surface area contributed by atoms with Gasteiger partial charge in [-0.2, -0.15) is 0 Å². The van der Waals surface area contributed by atoms with Crippen molar-refractivity contribution >= 4 is 17.8 Å². The maximum Gasteiger partial charge on any atom is 0.358 e. The van der Waals surface area contributed by atoms with Crippen LogP contribution in [0.3, 0.4) is 0 Å². The molecule has 0 aliphatic rings. The van der Waals surface area contributed by atoms with E-state index >= 15 is 0 Å². The fourth-order valence-corrected chi connectivity index (χ4v) is 0.944. The molecule has 0 unspecified atom stereocenters. The van der Waals surface area contributed by atoms with Crippen LogP contribution in [0.15, 0.2) is 6.20 Å². The number of aromatic nitrogens is 3. The Balaban J connectivity index is 2.45. The number of rotatable bonds is 5. The number of nitrogens with zero attached hydrogens (tertiary/aromatic N) is 3. The van der Waals surface area contributed by atoms with Crippen molar-refractivity contribution in [3.05, 3.63) is 11.9 Å². The minimum Gasteiger partial charge on any atom is -0.476 e. The lowest BCUT2D eigenvalue weighted by Crippen LogP contribution is -2.36. The van der Waals surface area contributed by atoms with Gasteiger partial charge in [0.25, 0.3) is 0 Å². The van der Waals surface area contributed by atoms with E-state index in [1.165, 1.54) is 7.05 Å². The Morgan fingerprint density at radius 1 is 1.41 bits per heavy atom. The second-order valence-corrected chi connectivity index (χ2v) is 3.06. The van der Waals surface area contributed by atoms with Crippen LogP contribution in [-0.2, 0) is 16.1 Å². The second-order valence-electron chi connectivity index (χ2n) is 3.06. The Bertz CT molecular complexity index is 441. The molecule has 1 aromatic rings. The number of carbonyl (C=O) groups is 3. The van der Waals surface area contributed by atoms with Crippen LogP contribution in [0, 0.1) is 0 Å². The number of hydrogen-bond acceptors (Lipinski definition) is 5. The summed E-state index contributed by atoms with van der Waals surface area (Å²) in [5.41, 5.74) is -0.246. The summed E-state index contributed by atoms with van der Waals surface area (Å²) in [6, 6.07) is 0. The highest BCUT2D eigenvalue weighted by molar-refractivity contribution is 5.85. The van der Waals surface area contributed by atoms with E-state index in [4.69, 9.17) is 5.11 Å². The van der Waals surface area contributed by atoms with Crippen molar-refractivity contribution in [1.82, 2.24) is 25.6 Å². The van der Waals surface area contributed by atoms with Crippen LogP contribution in [0.25, 0.3) is 0 Å². The minimum atomic E-state index is -1.22. The fourth-order valence-electron chi connectivity index (χ4n) is 0.944. The third kappa shape index (κ3) is 3.89. The third-order valence-electron chi connectivity index (χ3n) is 1.79. The van der Waals surface area contributed by atoms with Gasteiger partial charge in [-0.15, -0.1) is 5.10 Å². The lowest BCUT2D eigenvalue weighted by atomic mass is 10.5. The normalized spacial score (nSPS) is 9.71. The van der Waals surface area contributed by atoms with Crippen molar-refractivity contribution in [2.45, 2.75) is 6.54 Å². The van der Waals surface area contributed by atoms with Crippen LogP contribution in [0.1, 0.15) is 10.5 Å². The number of amides is 2. The predicted molar refractivity (Wildman–Crippen MR) is 54.1 cm³/mol. The highest BCUT2D eigenvalue weighted by Gasteiger charge is 2.10. The van der Waals surface area contributed by atoms with E-state index in [2.05, 4.69) is 20.9 Å². The molecule has 0 fully saturated rings. The van der Waals surface area contributed by atoms with Crippen molar-refractivity contribution in [2.75, 3.05) is 13.6 Å². The Morgan fingerprint density at radius 3 is 2.65 bits per heavy atom. The van der Waals surface area contributed by atoms with E-state index in [1.54, 1.807) is 0 Å². The number of carboxylic acid groups (broad SMARTS) is 1. The van der Waals surface area contributed by atoms with Gasteiger partial charge in [-0.3, -0.25) is 9.59 Å². The molecule has 1 aromatic heterocycles.